The summed E-state index contributed by atoms with van der Waals surface area (Å²) in [6.45, 7) is 4.04. The van der Waals surface area contributed by atoms with E-state index in [0.717, 1.165) is 38.9 Å². The maximum Gasteiger partial charge on any atom is 0.323 e. The first-order chi connectivity index (χ1) is 10.1. The van der Waals surface area contributed by atoms with E-state index < -0.39 is 0 Å². The van der Waals surface area contributed by atoms with Gasteiger partial charge in [0.1, 0.15) is 6.33 Å². The van der Waals surface area contributed by atoms with Gasteiger partial charge < -0.3 is 9.97 Å². The van der Waals surface area contributed by atoms with Crippen molar-refractivity contribution in [2.45, 2.75) is 13.8 Å². The number of benzene rings is 1. The van der Waals surface area contributed by atoms with Gasteiger partial charge in [-0.1, -0.05) is 0 Å². The molecule has 6 nitrogen and oxygen atoms in total. The smallest absolute Gasteiger partial charge is 0.306 e. The maximum atomic E-state index is 11.4. The van der Waals surface area contributed by atoms with E-state index in [2.05, 4.69) is 26.1 Å². The average molecular weight is 279 g/mol. The molecule has 1 aromatic carbocycles. The zero-order valence-electron chi connectivity index (χ0n) is 11.6. The van der Waals surface area contributed by atoms with E-state index in [-0.39, 0.29) is 5.69 Å². The van der Waals surface area contributed by atoms with Crippen LogP contribution < -0.4 is 5.69 Å². The molecule has 0 spiro atoms. The van der Waals surface area contributed by atoms with Gasteiger partial charge >= 0.3 is 5.69 Å². The lowest BCUT2D eigenvalue weighted by atomic mass is 10.0. The molecular weight excluding hydrogens is 266 g/mol. The number of nitrogens with one attached hydrogen (secondary N) is 2. The average Bonchev–Trinajstić information content (AvgIpc) is 3.02. The van der Waals surface area contributed by atoms with Crippen LogP contribution in [-0.2, 0) is 0 Å². The summed E-state index contributed by atoms with van der Waals surface area (Å²) in [6, 6.07) is 6.05. The summed E-state index contributed by atoms with van der Waals surface area (Å²) in [5.74, 6) is 0. The lowest BCUT2D eigenvalue weighted by Crippen LogP contribution is -1.99. The summed E-state index contributed by atoms with van der Waals surface area (Å²) in [7, 11) is 0. The van der Waals surface area contributed by atoms with E-state index in [4.69, 9.17) is 0 Å². The topological polar surface area (TPSA) is 78.8 Å². The Bertz CT molecular complexity index is 1040. The number of aromatic nitrogens is 5. The van der Waals surface area contributed by atoms with Crippen LogP contribution in [0.3, 0.4) is 0 Å². The van der Waals surface area contributed by atoms with E-state index in [1.54, 1.807) is 10.8 Å². The second-order valence-electron chi connectivity index (χ2n) is 5.23. The summed E-state index contributed by atoms with van der Waals surface area (Å²) in [6.07, 6.45) is 3.50. The molecule has 0 aliphatic heterocycles. The molecule has 21 heavy (non-hydrogen) atoms. The van der Waals surface area contributed by atoms with Gasteiger partial charge in [-0.05, 0) is 48.7 Å². The number of fused-ring (bicyclic) bond motifs is 2. The fraction of sp³-hybridized carbons (Fsp3) is 0.133. The molecule has 0 fully saturated rings. The fourth-order valence-electron chi connectivity index (χ4n) is 2.74. The third-order valence-electron chi connectivity index (χ3n) is 3.73. The van der Waals surface area contributed by atoms with Gasteiger partial charge in [0.15, 0.2) is 5.65 Å². The van der Waals surface area contributed by atoms with E-state index in [0.29, 0.717) is 0 Å². The molecule has 0 radical (unpaired) electrons. The predicted molar refractivity (Wildman–Crippen MR) is 80.4 cm³/mol. The van der Waals surface area contributed by atoms with Crippen LogP contribution in [0.15, 0.2) is 35.5 Å². The van der Waals surface area contributed by atoms with Crippen LogP contribution in [0.4, 0.5) is 0 Å². The molecule has 4 aromatic rings. The number of nitrogens with zero attached hydrogens (tertiary/aromatic N) is 3. The van der Waals surface area contributed by atoms with Crippen molar-refractivity contribution in [1.82, 2.24) is 24.6 Å². The number of pyridine rings is 1. The normalized spacial score (nSPS) is 11.5. The van der Waals surface area contributed by atoms with Crippen molar-refractivity contribution in [3.05, 3.63) is 52.3 Å². The number of H-pyrrole nitrogens is 2. The largest absolute Gasteiger partial charge is 0.323 e. The predicted octanol–water partition coefficient (Wildman–Crippen LogP) is 2.18. The van der Waals surface area contributed by atoms with Crippen molar-refractivity contribution in [2.24, 2.45) is 0 Å². The van der Waals surface area contributed by atoms with Crippen LogP contribution in [-0.4, -0.2) is 24.6 Å². The van der Waals surface area contributed by atoms with E-state index >= 15 is 0 Å². The number of aromatic amines is 2. The molecule has 0 unspecified atom stereocenters. The SMILES string of the molecule is Cc1cc2[nH]c(=O)[nH]c2cc1-c1cc(C)c2ncnn2c1. The minimum atomic E-state index is -0.190. The Hall–Kier alpha value is -2.89. The highest BCUT2D eigenvalue weighted by molar-refractivity contribution is 5.84. The molecule has 0 saturated heterocycles. The van der Waals surface area contributed by atoms with Crippen LogP contribution in [0.2, 0.25) is 0 Å². The van der Waals surface area contributed by atoms with Crippen molar-refractivity contribution in [3.63, 3.8) is 0 Å². The molecule has 0 aliphatic carbocycles. The number of imidazole rings is 1. The van der Waals surface area contributed by atoms with Crippen molar-refractivity contribution in [1.29, 1.82) is 0 Å². The van der Waals surface area contributed by atoms with Gasteiger partial charge in [-0.25, -0.2) is 14.3 Å². The number of hydrogen-bond donors (Lipinski definition) is 2. The lowest BCUT2D eigenvalue weighted by Gasteiger charge is -2.08. The highest BCUT2D eigenvalue weighted by Crippen LogP contribution is 2.27. The molecule has 3 aromatic heterocycles. The first kappa shape index (κ1) is 11.9. The Balaban J connectivity index is 2.02. The molecule has 0 atom stereocenters. The molecular formula is C15H13N5O. The van der Waals surface area contributed by atoms with Gasteiger partial charge in [0.05, 0.1) is 11.0 Å². The summed E-state index contributed by atoms with van der Waals surface area (Å²) in [4.78, 5) is 21.2. The van der Waals surface area contributed by atoms with Gasteiger partial charge in [0.25, 0.3) is 0 Å². The first-order valence-electron chi connectivity index (χ1n) is 6.65. The molecule has 0 aliphatic rings. The van der Waals surface area contributed by atoms with Crippen LogP contribution in [0.1, 0.15) is 11.1 Å². The molecule has 6 heteroatoms. The summed E-state index contributed by atoms with van der Waals surface area (Å²) in [5, 5.41) is 4.20. The lowest BCUT2D eigenvalue weighted by molar-refractivity contribution is 0.957. The van der Waals surface area contributed by atoms with Gasteiger partial charge in [-0.3, -0.25) is 0 Å². The summed E-state index contributed by atoms with van der Waals surface area (Å²) in [5.41, 5.74) is 6.56. The zero-order valence-corrected chi connectivity index (χ0v) is 11.6. The van der Waals surface area contributed by atoms with Crippen LogP contribution in [0.25, 0.3) is 27.8 Å². The Morgan fingerprint density at radius 1 is 1.05 bits per heavy atom. The fourth-order valence-corrected chi connectivity index (χ4v) is 2.74. The van der Waals surface area contributed by atoms with Crippen molar-refractivity contribution >= 4 is 16.7 Å². The number of hydrogen-bond acceptors (Lipinski definition) is 3. The number of aryl methyl sites for hydroxylation is 2. The third-order valence-corrected chi connectivity index (χ3v) is 3.73. The molecule has 104 valence electrons. The Morgan fingerprint density at radius 2 is 1.81 bits per heavy atom. The highest BCUT2D eigenvalue weighted by Gasteiger charge is 2.09. The van der Waals surface area contributed by atoms with E-state index in [9.17, 15) is 4.79 Å². The molecule has 0 bridgehead atoms. The summed E-state index contributed by atoms with van der Waals surface area (Å²) < 4.78 is 1.77. The van der Waals surface area contributed by atoms with Crippen molar-refractivity contribution in [2.75, 3.05) is 0 Å². The van der Waals surface area contributed by atoms with Crippen LogP contribution >= 0.6 is 0 Å². The van der Waals surface area contributed by atoms with E-state index in [1.165, 1.54) is 0 Å². The van der Waals surface area contributed by atoms with E-state index in [1.807, 2.05) is 32.2 Å². The maximum absolute atomic E-state index is 11.4. The van der Waals surface area contributed by atoms with Crippen molar-refractivity contribution in [3.8, 4) is 11.1 Å². The van der Waals surface area contributed by atoms with Gasteiger partial charge in [0.2, 0.25) is 0 Å². The zero-order chi connectivity index (χ0) is 14.6. The highest BCUT2D eigenvalue weighted by atomic mass is 16.1. The van der Waals surface area contributed by atoms with Gasteiger partial charge in [-0.15, -0.1) is 0 Å². The van der Waals surface area contributed by atoms with Crippen molar-refractivity contribution < 1.29 is 0 Å². The van der Waals surface area contributed by atoms with Crippen LogP contribution in [0.5, 0.6) is 0 Å². The summed E-state index contributed by atoms with van der Waals surface area (Å²) >= 11 is 0. The minimum Gasteiger partial charge on any atom is -0.306 e. The van der Waals surface area contributed by atoms with Crippen LogP contribution in [0, 0.1) is 13.8 Å². The molecule has 4 rings (SSSR count). The Kier molecular flexibility index (Phi) is 2.29. The Morgan fingerprint density at radius 3 is 2.62 bits per heavy atom. The number of rotatable bonds is 1. The Labute approximate surface area is 119 Å². The molecule has 0 amide bonds. The molecule has 3 heterocycles. The second-order valence-corrected chi connectivity index (χ2v) is 5.23. The minimum absolute atomic E-state index is 0.190. The quantitative estimate of drug-likeness (QED) is 0.560. The standard InChI is InChI=1S/C15H13N5O/c1-8-4-12-13(19-15(21)18-12)5-11(8)10-3-9(2)14-16-7-17-20(14)6-10/h3-7H,1-2H3,(H2,18,19,21). The second kappa shape index (κ2) is 4.05. The first-order valence-corrected chi connectivity index (χ1v) is 6.65. The van der Waals surface area contributed by atoms with Gasteiger partial charge in [0, 0.05) is 11.8 Å². The third kappa shape index (κ3) is 1.76. The monoisotopic (exact) mass is 279 g/mol. The molecule has 2 N–H and O–H groups in total. The van der Waals surface area contributed by atoms with Gasteiger partial charge in [-0.2, -0.15) is 5.10 Å². The molecule has 0 saturated carbocycles.